The third kappa shape index (κ3) is 3.99. The van der Waals surface area contributed by atoms with Gasteiger partial charge < -0.3 is 9.26 Å². The van der Waals surface area contributed by atoms with Crippen LogP contribution in [0.2, 0.25) is 5.02 Å². The van der Waals surface area contributed by atoms with Crippen LogP contribution in [-0.4, -0.2) is 33.6 Å². The number of hydrogen-bond acceptors (Lipinski definition) is 8. The Labute approximate surface area is 255 Å². The molecule has 1 fully saturated rings. The van der Waals surface area contributed by atoms with Crippen molar-refractivity contribution in [2.75, 3.05) is 5.01 Å². The number of halogens is 2. The number of Topliss-reactive ketones (excluding diaryl/α,β-unsaturated/α-hetero) is 1. The SMILES string of the molecule is CC1=NN(c2ccccc2)C(=O)[C@]12C[C@@H]1C(=O)c3cc(F)ccc3O[C@H]1[C@H](c1onc(C)c1[N+](=O)[O-])[C@H]2c1ccc(Cl)cc1. The maximum Gasteiger partial charge on any atom is 0.334 e. The van der Waals surface area contributed by atoms with Crippen molar-refractivity contribution in [3.63, 3.8) is 0 Å². The molecule has 3 aliphatic rings. The number of hydrogen-bond donors (Lipinski definition) is 0. The van der Waals surface area contributed by atoms with Crippen molar-refractivity contribution in [2.45, 2.75) is 38.2 Å². The number of anilines is 1. The first kappa shape index (κ1) is 27.9. The summed E-state index contributed by atoms with van der Waals surface area (Å²) in [6.07, 6.45) is -1.07. The van der Waals surface area contributed by atoms with E-state index >= 15 is 0 Å². The fourth-order valence-corrected chi connectivity index (χ4v) is 7.26. The molecule has 0 radical (unpaired) electrons. The monoisotopic (exact) mass is 614 g/mol. The number of benzene rings is 3. The summed E-state index contributed by atoms with van der Waals surface area (Å²) in [6, 6.07) is 19.3. The van der Waals surface area contributed by atoms with E-state index < -0.39 is 51.7 Å². The molecule has 1 saturated carbocycles. The van der Waals surface area contributed by atoms with Gasteiger partial charge in [-0.15, -0.1) is 0 Å². The number of ether oxygens (including phenoxy) is 1. The lowest BCUT2D eigenvalue weighted by Crippen LogP contribution is -2.58. The number of aryl methyl sites for hydroxylation is 1. The zero-order valence-corrected chi connectivity index (χ0v) is 24.2. The molecule has 3 aromatic carbocycles. The van der Waals surface area contributed by atoms with Gasteiger partial charge in [0.25, 0.3) is 5.91 Å². The van der Waals surface area contributed by atoms with E-state index in [0.717, 1.165) is 6.07 Å². The largest absolute Gasteiger partial charge is 0.488 e. The molecule has 7 rings (SSSR count). The summed E-state index contributed by atoms with van der Waals surface area (Å²) in [6.45, 7) is 3.16. The zero-order valence-electron chi connectivity index (χ0n) is 23.4. The average Bonchev–Trinajstić information content (AvgIpc) is 3.51. The van der Waals surface area contributed by atoms with Crippen LogP contribution >= 0.6 is 11.6 Å². The van der Waals surface area contributed by atoms with Crippen molar-refractivity contribution < 1.29 is 28.2 Å². The highest BCUT2D eigenvalue weighted by Gasteiger charge is 2.67. The molecule has 1 aliphatic carbocycles. The van der Waals surface area contributed by atoms with Crippen LogP contribution in [0.25, 0.3) is 0 Å². The average molecular weight is 615 g/mol. The van der Waals surface area contributed by atoms with Crippen LogP contribution < -0.4 is 9.75 Å². The molecular formula is C32H24ClFN4O6. The standard InChI is InChI=1S/C32H24ClFN4O6/c1-16-27(38(41)42)30(44-36-16)25-26(18-8-10-19(33)11-9-18)32(17(2)35-37(31(32)40)21-6-4-3-5-7-21)15-23-28(39)22-14-20(34)12-13-24(22)43-29(23)25/h3-14,23,25-26,29H,15H2,1-2H3/t23-,25-,26-,29-,32-/m1/s1. The van der Waals surface area contributed by atoms with E-state index in [2.05, 4.69) is 5.16 Å². The molecule has 0 unspecified atom stereocenters. The maximum absolute atomic E-state index is 14.8. The van der Waals surface area contributed by atoms with Gasteiger partial charge in [0.05, 0.1) is 39.1 Å². The molecule has 222 valence electrons. The first-order chi connectivity index (χ1) is 21.1. The van der Waals surface area contributed by atoms with Crippen LogP contribution in [-0.2, 0) is 4.79 Å². The predicted octanol–water partition coefficient (Wildman–Crippen LogP) is 6.62. The van der Waals surface area contributed by atoms with Crippen LogP contribution in [0, 0.1) is 34.2 Å². The normalized spacial score (nSPS) is 25.8. The number of nitrogens with zero attached hydrogens (tertiary/aromatic N) is 4. The van der Waals surface area contributed by atoms with Crippen molar-refractivity contribution in [3.8, 4) is 5.75 Å². The molecule has 10 nitrogen and oxygen atoms in total. The lowest BCUT2D eigenvalue weighted by molar-refractivity contribution is -0.387. The Morgan fingerprint density at radius 2 is 1.80 bits per heavy atom. The number of nitro groups is 1. The number of ketones is 1. The number of fused-ring (bicyclic) bond motifs is 2. The second kappa shape index (κ2) is 10.1. The van der Waals surface area contributed by atoms with E-state index in [4.69, 9.17) is 26.0 Å². The summed E-state index contributed by atoms with van der Waals surface area (Å²) in [5, 5.41) is 22.8. The van der Waals surface area contributed by atoms with Gasteiger partial charge in [0.2, 0.25) is 5.76 Å². The molecule has 0 bridgehead atoms. The molecule has 1 aromatic heterocycles. The number of hydrazone groups is 1. The fourth-order valence-electron chi connectivity index (χ4n) is 7.13. The number of rotatable bonds is 4. The Bertz CT molecular complexity index is 1880. The molecule has 0 N–H and O–H groups in total. The number of carbonyl (C=O) groups excluding carboxylic acids is 2. The highest BCUT2D eigenvalue weighted by molar-refractivity contribution is 6.30. The smallest absolute Gasteiger partial charge is 0.334 e. The van der Waals surface area contributed by atoms with Crippen LogP contribution in [0.3, 0.4) is 0 Å². The molecule has 5 atom stereocenters. The molecule has 12 heteroatoms. The Balaban J connectivity index is 1.52. The Hall–Kier alpha value is -4.90. The lowest BCUT2D eigenvalue weighted by Gasteiger charge is -2.51. The first-order valence-corrected chi connectivity index (χ1v) is 14.3. The van der Waals surface area contributed by atoms with Gasteiger partial charge in [-0.25, -0.2) is 4.39 Å². The number of carbonyl (C=O) groups is 2. The summed E-state index contributed by atoms with van der Waals surface area (Å²) in [5.74, 6) is -4.40. The van der Waals surface area contributed by atoms with Gasteiger partial charge >= 0.3 is 5.69 Å². The van der Waals surface area contributed by atoms with Crippen LogP contribution in [0.1, 0.15) is 52.6 Å². The van der Waals surface area contributed by atoms with Crippen molar-refractivity contribution >= 4 is 40.4 Å². The summed E-state index contributed by atoms with van der Waals surface area (Å²) in [7, 11) is 0. The van der Waals surface area contributed by atoms with Crippen molar-refractivity contribution in [2.24, 2.45) is 16.4 Å². The van der Waals surface area contributed by atoms with Crippen LogP contribution in [0.15, 0.2) is 82.4 Å². The van der Waals surface area contributed by atoms with Crippen LogP contribution in [0.5, 0.6) is 5.75 Å². The summed E-state index contributed by atoms with van der Waals surface area (Å²) in [5.41, 5.74) is -0.240. The van der Waals surface area contributed by atoms with Gasteiger partial charge in [0.15, 0.2) is 11.5 Å². The van der Waals surface area contributed by atoms with Gasteiger partial charge in [-0.3, -0.25) is 19.7 Å². The fraction of sp³-hybridized carbons (Fsp3) is 0.250. The zero-order chi connectivity index (χ0) is 30.9. The van der Waals surface area contributed by atoms with Crippen molar-refractivity contribution in [1.82, 2.24) is 5.16 Å². The number of para-hydroxylation sites is 1. The van der Waals surface area contributed by atoms with Crippen molar-refractivity contribution in [3.05, 3.63) is 116 Å². The second-order valence-corrected chi connectivity index (χ2v) is 11.7. The second-order valence-electron chi connectivity index (χ2n) is 11.3. The van der Waals surface area contributed by atoms with Gasteiger partial charge in [0.1, 0.15) is 17.7 Å². The molecule has 1 spiro atoms. The van der Waals surface area contributed by atoms with E-state index in [1.165, 1.54) is 24.1 Å². The summed E-state index contributed by atoms with van der Waals surface area (Å²) >= 11 is 6.27. The molecule has 2 aliphatic heterocycles. The van der Waals surface area contributed by atoms with E-state index in [0.29, 0.717) is 22.0 Å². The quantitative estimate of drug-likeness (QED) is 0.186. The maximum atomic E-state index is 14.8. The minimum atomic E-state index is -1.48. The minimum Gasteiger partial charge on any atom is -0.488 e. The Morgan fingerprint density at radius 1 is 1.07 bits per heavy atom. The third-order valence-electron chi connectivity index (χ3n) is 9.03. The molecule has 0 saturated heterocycles. The van der Waals surface area contributed by atoms with Crippen LogP contribution in [0.4, 0.5) is 15.8 Å². The topological polar surface area (TPSA) is 128 Å². The molecule has 44 heavy (non-hydrogen) atoms. The summed E-state index contributed by atoms with van der Waals surface area (Å²) in [4.78, 5) is 40.8. The van der Waals surface area contributed by atoms with Crippen molar-refractivity contribution in [1.29, 1.82) is 0 Å². The molecule has 1 amide bonds. The molecule has 4 aromatic rings. The first-order valence-electron chi connectivity index (χ1n) is 13.9. The van der Waals surface area contributed by atoms with Gasteiger partial charge in [0, 0.05) is 10.9 Å². The molecule has 3 heterocycles. The van der Waals surface area contributed by atoms with E-state index in [-0.39, 0.29) is 34.9 Å². The number of aromatic nitrogens is 1. The lowest BCUT2D eigenvalue weighted by atomic mass is 9.52. The van der Waals surface area contributed by atoms with Gasteiger partial charge in [-0.05, 0) is 68.3 Å². The van der Waals surface area contributed by atoms with Gasteiger partial charge in [-0.1, -0.05) is 47.1 Å². The van der Waals surface area contributed by atoms with E-state index in [1.54, 1.807) is 55.5 Å². The van der Waals surface area contributed by atoms with E-state index in [9.17, 15) is 24.1 Å². The minimum absolute atomic E-state index is 0.0355. The molecular weight excluding hydrogens is 591 g/mol. The van der Waals surface area contributed by atoms with Gasteiger partial charge in [-0.2, -0.15) is 10.1 Å². The van der Waals surface area contributed by atoms with E-state index in [1.807, 2.05) is 6.07 Å². The predicted molar refractivity (Wildman–Crippen MR) is 158 cm³/mol. The highest BCUT2D eigenvalue weighted by Crippen LogP contribution is 2.62. The third-order valence-corrected chi connectivity index (χ3v) is 9.28. The Kier molecular flexibility index (Phi) is 6.40. The number of amides is 1. The Morgan fingerprint density at radius 3 is 2.50 bits per heavy atom. The summed E-state index contributed by atoms with van der Waals surface area (Å²) < 4.78 is 26.5. The highest BCUT2D eigenvalue weighted by atomic mass is 35.5.